The number of nitrogens with zero attached hydrogens (tertiary/aromatic N) is 1. The van der Waals surface area contributed by atoms with E-state index in [0.29, 0.717) is 13.1 Å². The second kappa shape index (κ2) is 9.06. The van der Waals surface area contributed by atoms with Crippen LogP contribution in [0.3, 0.4) is 0 Å². The first-order chi connectivity index (χ1) is 14.8. The lowest BCUT2D eigenvalue weighted by molar-refractivity contribution is -0.121. The van der Waals surface area contributed by atoms with Gasteiger partial charge in [-0.05, 0) is 72.3 Å². The summed E-state index contributed by atoms with van der Waals surface area (Å²) in [7, 11) is -0.413. The van der Waals surface area contributed by atoms with E-state index >= 15 is 0 Å². The van der Waals surface area contributed by atoms with Crippen LogP contribution >= 0.6 is 0 Å². The number of hydrogen-bond acceptors (Lipinski definition) is 5. The zero-order chi connectivity index (χ0) is 23.7. The smallest absolute Gasteiger partial charge is 0.444 e. The Morgan fingerprint density at radius 2 is 1.72 bits per heavy atom. The van der Waals surface area contributed by atoms with E-state index in [1.165, 1.54) is 0 Å². The standard InChI is InChI=1S/C24H37BN2O5/c1-22(2,3)30-21(29)27-14-8-9-19(16-27)26-20(28)15-17-10-12-18(13-11-17)25-31-23(4,5)24(6,7)32-25/h10-13,19H,8-9,14-16H2,1-7H3,(H,26,28)/t19-/m1/s1. The molecule has 0 aliphatic carbocycles. The SMILES string of the molecule is CC(C)(C)OC(=O)N1CCC[C@@H](NC(=O)Cc2ccc(B3OC(C)(C)C(C)(C)O3)cc2)C1. The maximum Gasteiger partial charge on any atom is 0.494 e. The van der Waals surface area contributed by atoms with E-state index in [4.69, 9.17) is 14.0 Å². The molecule has 0 saturated carbocycles. The van der Waals surface area contributed by atoms with Gasteiger partial charge in [-0.1, -0.05) is 24.3 Å². The molecule has 2 fully saturated rings. The maximum atomic E-state index is 12.6. The van der Waals surface area contributed by atoms with Gasteiger partial charge < -0.3 is 24.3 Å². The number of likely N-dealkylation sites (tertiary alicyclic amines) is 1. The quantitative estimate of drug-likeness (QED) is 0.723. The predicted octanol–water partition coefficient (Wildman–Crippen LogP) is 3.04. The molecule has 2 aliphatic rings. The van der Waals surface area contributed by atoms with Crippen molar-refractivity contribution >= 4 is 24.6 Å². The van der Waals surface area contributed by atoms with Gasteiger partial charge in [0.1, 0.15) is 5.60 Å². The lowest BCUT2D eigenvalue weighted by Gasteiger charge is -2.34. The Morgan fingerprint density at radius 3 is 2.28 bits per heavy atom. The number of amides is 2. The Labute approximate surface area is 192 Å². The van der Waals surface area contributed by atoms with Crippen LogP contribution in [-0.2, 0) is 25.3 Å². The van der Waals surface area contributed by atoms with E-state index in [0.717, 1.165) is 23.9 Å². The molecular formula is C24H37BN2O5. The molecular weight excluding hydrogens is 407 g/mol. The number of piperidine rings is 1. The number of rotatable bonds is 4. The van der Waals surface area contributed by atoms with Crippen LogP contribution in [0.5, 0.6) is 0 Å². The molecule has 2 aliphatic heterocycles. The van der Waals surface area contributed by atoms with Gasteiger partial charge in [-0.25, -0.2) is 4.79 Å². The van der Waals surface area contributed by atoms with E-state index in [2.05, 4.69) is 5.32 Å². The molecule has 0 bridgehead atoms. The summed E-state index contributed by atoms with van der Waals surface area (Å²) in [5.74, 6) is -0.0515. The molecule has 32 heavy (non-hydrogen) atoms. The summed E-state index contributed by atoms with van der Waals surface area (Å²) in [6, 6.07) is 7.72. The summed E-state index contributed by atoms with van der Waals surface area (Å²) in [4.78, 5) is 26.6. The Hall–Kier alpha value is -2.06. The first kappa shape index (κ1) is 24.6. The van der Waals surface area contributed by atoms with Crippen LogP contribution in [0.15, 0.2) is 24.3 Å². The lowest BCUT2D eigenvalue weighted by atomic mass is 9.79. The van der Waals surface area contributed by atoms with Crippen molar-refractivity contribution in [1.82, 2.24) is 10.2 Å². The molecule has 7 nitrogen and oxygen atoms in total. The normalized spacial score (nSPS) is 22.5. The van der Waals surface area contributed by atoms with Crippen molar-refractivity contribution in [3.63, 3.8) is 0 Å². The van der Waals surface area contributed by atoms with E-state index in [-0.39, 0.29) is 35.7 Å². The van der Waals surface area contributed by atoms with Crippen LogP contribution in [0.1, 0.15) is 66.9 Å². The third-order valence-electron chi connectivity index (χ3n) is 6.31. The van der Waals surface area contributed by atoms with Gasteiger partial charge >= 0.3 is 13.2 Å². The number of benzene rings is 1. The molecule has 2 saturated heterocycles. The van der Waals surface area contributed by atoms with Gasteiger partial charge in [0.05, 0.1) is 17.6 Å². The number of nitrogens with one attached hydrogen (secondary N) is 1. The van der Waals surface area contributed by atoms with Gasteiger partial charge in [-0.3, -0.25) is 4.79 Å². The molecule has 0 radical (unpaired) electrons. The van der Waals surface area contributed by atoms with E-state index in [9.17, 15) is 9.59 Å². The highest BCUT2D eigenvalue weighted by Gasteiger charge is 2.51. The molecule has 1 atom stereocenters. The van der Waals surface area contributed by atoms with Crippen molar-refractivity contribution in [1.29, 1.82) is 0 Å². The summed E-state index contributed by atoms with van der Waals surface area (Å²) in [5.41, 5.74) is 0.558. The summed E-state index contributed by atoms with van der Waals surface area (Å²) >= 11 is 0. The van der Waals surface area contributed by atoms with Crippen LogP contribution in [-0.4, -0.2) is 60.0 Å². The van der Waals surface area contributed by atoms with Crippen LogP contribution in [0.4, 0.5) is 4.79 Å². The predicted molar refractivity (Wildman–Crippen MR) is 125 cm³/mol. The van der Waals surface area contributed by atoms with Crippen LogP contribution in [0.2, 0.25) is 0 Å². The Kier molecular flexibility index (Phi) is 6.96. The van der Waals surface area contributed by atoms with Crippen molar-refractivity contribution in [2.45, 2.75) is 90.6 Å². The van der Waals surface area contributed by atoms with Gasteiger partial charge in [0.15, 0.2) is 0 Å². The highest BCUT2D eigenvalue weighted by Crippen LogP contribution is 2.36. The molecule has 1 N–H and O–H groups in total. The lowest BCUT2D eigenvalue weighted by Crippen LogP contribution is -2.51. The molecule has 3 rings (SSSR count). The van der Waals surface area contributed by atoms with E-state index < -0.39 is 12.7 Å². The second-order valence-corrected chi connectivity index (χ2v) is 10.8. The molecule has 2 heterocycles. The zero-order valence-corrected chi connectivity index (χ0v) is 20.5. The van der Waals surface area contributed by atoms with Gasteiger partial charge in [0.2, 0.25) is 5.91 Å². The molecule has 0 spiro atoms. The first-order valence-electron chi connectivity index (χ1n) is 11.5. The largest absolute Gasteiger partial charge is 0.494 e. The average molecular weight is 444 g/mol. The Bertz CT molecular complexity index is 816. The summed E-state index contributed by atoms with van der Waals surface area (Å²) in [6.45, 7) is 14.8. The Morgan fingerprint density at radius 1 is 1.12 bits per heavy atom. The van der Waals surface area contributed by atoms with Crippen molar-refractivity contribution < 1.29 is 23.6 Å². The van der Waals surface area contributed by atoms with Crippen molar-refractivity contribution in [3.05, 3.63) is 29.8 Å². The van der Waals surface area contributed by atoms with Crippen molar-refractivity contribution in [2.75, 3.05) is 13.1 Å². The minimum absolute atomic E-state index is 0.0515. The van der Waals surface area contributed by atoms with E-state index in [1.54, 1.807) is 4.90 Å². The van der Waals surface area contributed by atoms with Crippen molar-refractivity contribution in [3.8, 4) is 0 Å². The maximum absolute atomic E-state index is 12.6. The zero-order valence-electron chi connectivity index (χ0n) is 20.5. The number of carbonyl (C=O) groups is 2. The van der Waals surface area contributed by atoms with Crippen molar-refractivity contribution in [2.24, 2.45) is 0 Å². The molecule has 8 heteroatoms. The summed E-state index contributed by atoms with van der Waals surface area (Å²) in [5, 5.41) is 3.07. The average Bonchev–Trinajstić information content (AvgIpc) is 2.88. The molecule has 0 aromatic heterocycles. The monoisotopic (exact) mass is 444 g/mol. The number of ether oxygens (including phenoxy) is 1. The highest BCUT2D eigenvalue weighted by molar-refractivity contribution is 6.62. The third kappa shape index (κ3) is 6.04. The minimum atomic E-state index is -0.528. The molecule has 1 aromatic rings. The van der Waals surface area contributed by atoms with Gasteiger partial charge in [0.25, 0.3) is 0 Å². The molecule has 0 unspecified atom stereocenters. The van der Waals surface area contributed by atoms with Gasteiger partial charge in [-0.15, -0.1) is 0 Å². The second-order valence-electron chi connectivity index (χ2n) is 10.8. The number of carbonyl (C=O) groups excluding carboxylic acids is 2. The molecule has 176 valence electrons. The van der Waals surface area contributed by atoms with Crippen LogP contribution in [0.25, 0.3) is 0 Å². The van der Waals surface area contributed by atoms with Crippen LogP contribution < -0.4 is 10.8 Å². The highest BCUT2D eigenvalue weighted by atomic mass is 16.7. The summed E-state index contributed by atoms with van der Waals surface area (Å²) < 4.78 is 17.6. The Balaban J connectivity index is 1.51. The van der Waals surface area contributed by atoms with Crippen LogP contribution in [0, 0.1) is 0 Å². The fourth-order valence-electron chi connectivity index (χ4n) is 3.82. The molecule has 2 amide bonds. The summed E-state index contributed by atoms with van der Waals surface area (Å²) in [6.07, 6.45) is 1.65. The van der Waals surface area contributed by atoms with Gasteiger partial charge in [0, 0.05) is 19.1 Å². The third-order valence-corrected chi connectivity index (χ3v) is 6.31. The van der Waals surface area contributed by atoms with Gasteiger partial charge in [-0.2, -0.15) is 0 Å². The first-order valence-corrected chi connectivity index (χ1v) is 11.5. The minimum Gasteiger partial charge on any atom is -0.444 e. The topological polar surface area (TPSA) is 77.1 Å². The fraction of sp³-hybridized carbons (Fsp3) is 0.667. The fourth-order valence-corrected chi connectivity index (χ4v) is 3.82. The molecule has 1 aromatic carbocycles. The van der Waals surface area contributed by atoms with E-state index in [1.807, 2.05) is 72.7 Å². The number of hydrogen-bond donors (Lipinski definition) is 1.